The first-order valence-electron chi connectivity index (χ1n) is 10.3. The second-order valence-corrected chi connectivity index (χ2v) is 8.11. The van der Waals surface area contributed by atoms with E-state index >= 15 is 0 Å². The van der Waals surface area contributed by atoms with E-state index in [9.17, 15) is 14.7 Å². The van der Waals surface area contributed by atoms with Crippen LogP contribution in [0.3, 0.4) is 0 Å². The molecule has 156 valence electrons. The second kappa shape index (κ2) is 8.52. The number of carbonyl (C=O) groups excluding carboxylic acids is 2. The number of benzene rings is 2. The summed E-state index contributed by atoms with van der Waals surface area (Å²) in [7, 11) is 0. The zero-order valence-corrected chi connectivity index (χ0v) is 17.6. The van der Waals surface area contributed by atoms with Crippen molar-refractivity contribution in [3.05, 3.63) is 69.8 Å². The molecule has 1 N–H and O–H groups in total. The van der Waals surface area contributed by atoms with Gasteiger partial charge in [0, 0.05) is 23.6 Å². The number of unbranched alkanes of at least 4 members (excludes halogenated alkanes) is 2. The Morgan fingerprint density at radius 2 is 1.93 bits per heavy atom. The molecule has 1 fully saturated rings. The Bertz CT molecular complexity index is 1010. The van der Waals surface area contributed by atoms with Gasteiger partial charge in [-0.3, -0.25) is 9.59 Å². The Kier molecular flexibility index (Phi) is 5.82. The summed E-state index contributed by atoms with van der Waals surface area (Å²) in [6.07, 6.45) is 3.51. The Balaban J connectivity index is 1.80. The molecule has 1 atom stereocenters. The number of nitrogens with zero attached hydrogens (tertiary/aromatic N) is 1. The summed E-state index contributed by atoms with van der Waals surface area (Å²) in [5.74, 6) is -0.584. The monoisotopic (exact) mass is 425 g/mol. The highest BCUT2D eigenvalue weighted by molar-refractivity contribution is 6.46. The van der Waals surface area contributed by atoms with Crippen molar-refractivity contribution in [1.29, 1.82) is 0 Å². The van der Waals surface area contributed by atoms with Gasteiger partial charge in [0.15, 0.2) is 0 Å². The van der Waals surface area contributed by atoms with Crippen LogP contribution < -0.4 is 4.74 Å². The van der Waals surface area contributed by atoms with Crippen LogP contribution in [0.1, 0.15) is 48.9 Å². The van der Waals surface area contributed by atoms with Gasteiger partial charge in [-0.05, 0) is 47.9 Å². The highest BCUT2D eigenvalue weighted by Gasteiger charge is 2.45. The average molecular weight is 426 g/mol. The van der Waals surface area contributed by atoms with E-state index in [0.29, 0.717) is 23.7 Å². The third-order valence-corrected chi connectivity index (χ3v) is 5.94. The van der Waals surface area contributed by atoms with Gasteiger partial charge in [-0.1, -0.05) is 43.5 Å². The molecule has 0 saturated carbocycles. The minimum Gasteiger partial charge on any atom is -0.507 e. The largest absolute Gasteiger partial charge is 0.507 e. The van der Waals surface area contributed by atoms with E-state index in [4.69, 9.17) is 16.3 Å². The van der Waals surface area contributed by atoms with Crippen molar-refractivity contribution in [2.45, 2.75) is 38.6 Å². The van der Waals surface area contributed by atoms with Gasteiger partial charge in [-0.25, -0.2) is 0 Å². The van der Waals surface area contributed by atoms with Gasteiger partial charge in [-0.2, -0.15) is 0 Å². The Hall–Kier alpha value is -2.79. The van der Waals surface area contributed by atoms with Crippen molar-refractivity contribution < 1.29 is 19.4 Å². The number of halogens is 1. The fourth-order valence-electron chi connectivity index (χ4n) is 4.12. The van der Waals surface area contributed by atoms with E-state index in [1.165, 1.54) is 0 Å². The van der Waals surface area contributed by atoms with Crippen molar-refractivity contribution in [2.24, 2.45) is 0 Å². The smallest absolute Gasteiger partial charge is 0.295 e. The highest BCUT2D eigenvalue weighted by atomic mass is 35.5. The third-order valence-electron chi connectivity index (χ3n) is 5.69. The number of rotatable bonds is 6. The summed E-state index contributed by atoms with van der Waals surface area (Å²) in [5, 5.41) is 11.7. The van der Waals surface area contributed by atoms with E-state index in [-0.39, 0.29) is 11.3 Å². The lowest BCUT2D eigenvalue weighted by atomic mass is 9.94. The molecule has 0 bridgehead atoms. The van der Waals surface area contributed by atoms with Crippen LogP contribution in [-0.4, -0.2) is 34.8 Å². The molecular weight excluding hydrogens is 402 g/mol. The van der Waals surface area contributed by atoms with Gasteiger partial charge in [0.25, 0.3) is 11.7 Å². The molecule has 1 saturated heterocycles. The molecule has 6 heteroatoms. The van der Waals surface area contributed by atoms with Gasteiger partial charge < -0.3 is 14.7 Å². The van der Waals surface area contributed by atoms with Crippen LogP contribution in [-0.2, 0) is 16.0 Å². The molecule has 30 heavy (non-hydrogen) atoms. The summed E-state index contributed by atoms with van der Waals surface area (Å²) in [4.78, 5) is 27.4. The quantitative estimate of drug-likeness (QED) is 0.310. The van der Waals surface area contributed by atoms with Crippen molar-refractivity contribution >= 4 is 29.1 Å². The number of fused-ring (bicyclic) bond motifs is 1. The number of carbonyl (C=O) groups is 2. The molecular formula is C24H24ClNO4. The number of aliphatic hydroxyl groups excluding tert-OH is 1. The van der Waals surface area contributed by atoms with Crippen LogP contribution in [0.2, 0.25) is 5.02 Å². The molecule has 0 spiro atoms. The number of hydrogen-bond donors (Lipinski definition) is 1. The van der Waals surface area contributed by atoms with Gasteiger partial charge in [0.2, 0.25) is 0 Å². The molecule has 0 aromatic heterocycles. The first-order valence-corrected chi connectivity index (χ1v) is 10.7. The molecule has 0 radical (unpaired) electrons. The summed E-state index contributed by atoms with van der Waals surface area (Å²) in [6, 6.07) is 11.8. The molecule has 0 aliphatic carbocycles. The zero-order valence-electron chi connectivity index (χ0n) is 16.9. The lowest BCUT2D eigenvalue weighted by molar-refractivity contribution is -0.139. The number of amides is 1. The fraction of sp³-hybridized carbons (Fsp3) is 0.333. The molecule has 2 aliphatic rings. The SMILES string of the molecule is CCCCCN1C(=O)C(=O)/C(=C(\O)c2ccc3c(c2)CCO3)C1c1ccc(Cl)cc1. The predicted octanol–water partition coefficient (Wildman–Crippen LogP) is 4.89. The minimum atomic E-state index is -0.652. The minimum absolute atomic E-state index is 0.123. The van der Waals surface area contributed by atoms with Gasteiger partial charge in [-0.15, -0.1) is 0 Å². The predicted molar refractivity (Wildman–Crippen MR) is 116 cm³/mol. The maximum absolute atomic E-state index is 13.0. The van der Waals surface area contributed by atoms with Crippen LogP contribution in [0.25, 0.3) is 5.76 Å². The van der Waals surface area contributed by atoms with E-state index in [1.807, 2.05) is 6.07 Å². The first kappa shape index (κ1) is 20.5. The number of Topliss-reactive ketones (excluding diaryl/α,β-unsaturated/α-hetero) is 1. The molecule has 1 unspecified atom stereocenters. The first-order chi connectivity index (χ1) is 14.5. The standard InChI is InChI=1S/C24H24ClNO4/c1-2-3-4-12-26-21(15-5-8-18(25)9-6-15)20(23(28)24(26)29)22(27)17-7-10-19-16(14-17)11-13-30-19/h5-10,14,21,27H,2-4,11-13H2,1H3/b22-20-. The second-order valence-electron chi connectivity index (χ2n) is 7.67. The average Bonchev–Trinajstić information content (AvgIpc) is 3.31. The van der Waals surface area contributed by atoms with Crippen molar-refractivity contribution in [3.8, 4) is 5.75 Å². The van der Waals surface area contributed by atoms with Gasteiger partial charge >= 0.3 is 0 Å². The third kappa shape index (κ3) is 3.70. The van der Waals surface area contributed by atoms with E-state index in [0.717, 1.165) is 42.6 Å². The maximum Gasteiger partial charge on any atom is 0.295 e. The molecule has 1 amide bonds. The number of likely N-dealkylation sites (tertiary alicyclic amines) is 1. The molecule has 2 aliphatic heterocycles. The maximum atomic E-state index is 13.0. The zero-order chi connectivity index (χ0) is 21.3. The van der Waals surface area contributed by atoms with E-state index < -0.39 is 17.7 Å². The lowest BCUT2D eigenvalue weighted by Crippen LogP contribution is -2.30. The van der Waals surface area contributed by atoms with Crippen molar-refractivity contribution in [1.82, 2.24) is 4.90 Å². The molecule has 4 rings (SSSR count). The number of ketones is 1. The van der Waals surface area contributed by atoms with Crippen LogP contribution in [0.15, 0.2) is 48.0 Å². The number of aliphatic hydroxyl groups is 1. The van der Waals surface area contributed by atoms with Gasteiger partial charge in [0.1, 0.15) is 11.5 Å². The van der Waals surface area contributed by atoms with Crippen LogP contribution in [0.4, 0.5) is 0 Å². The Morgan fingerprint density at radius 1 is 1.17 bits per heavy atom. The van der Waals surface area contributed by atoms with Gasteiger partial charge in [0.05, 0.1) is 18.2 Å². The Labute approximate surface area is 180 Å². The van der Waals surface area contributed by atoms with E-state index in [2.05, 4.69) is 6.92 Å². The fourth-order valence-corrected chi connectivity index (χ4v) is 4.25. The van der Waals surface area contributed by atoms with Crippen LogP contribution >= 0.6 is 11.6 Å². The lowest BCUT2D eigenvalue weighted by Gasteiger charge is -2.25. The summed E-state index contributed by atoms with van der Waals surface area (Å²) >= 11 is 6.04. The molecule has 2 aromatic rings. The highest BCUT2D eigenvalue weighted by Crippen LogP contribution is 2.40. The molecule has 2 aromatic carbocycles. The van der Waals surface area contributed by atoms with Crippen LogP contribution in [0, 0.1) is 0 Å². The number of hydrogen-bond acceptors (Lipinski definition) is 4. The summed E-state index contributed by atoms with van der Waals surface area (Å²) in [6.45, 7) is 3.15. The topological polar surface area (TPSA) is 66.8 Å². The summed E-state index contributed by atoms with van der Waals surface area (Å²) < 4.78 is 5.53. The van der Waals surface area contributed by atoms with Crippen LogP contribution in [0.5, 0.6) is 5.75 Å². The van der Waals surface area contributed by atoms with Crippen molar-refractivity contribution in [2.75, 3.05) is 13.2 Å². The normalized spacial score (nSPS) is 19.8. The number of ether oxygens (including phenoxy) is 1. The molecule has 5 nitrogen and oxygen atoms in total. The molecule has 2 heterocycles. The van der Waals surface area contributed by atoms with E-state index in [1.54, 1.807) is 41.3 Å². The Morgan fingerprint density at radius 3 is 2.67 bits per heavy atom. The summed E-state index contributed by atoms with van der Waals surface area (Å²) in [5.41, 5.74) is 2.38. The van der Waals surface area contributed by atoms with Crippen molar-refractivity contribution in [3.63, 3.8) is 0 Å².